The van der Waals surface area contributed by atoms with E-state index >= 15 is 0 Å². The van der Waals surface area contributed by atoms with Crippen molar-refractivity contribution in [2.75, 3.05) is 37.7 Å². The van der Waals surface area contributed by atoms with E-state index in [0.717, 1.165) is 0 Å². The molecule has 33 heavy (non-hydrogen) atoms. The van der Waals surface area contributed by atoms with Crippen LogP contribution in [0.25, 0.3) is 0 Å². The van der Waals surface area contributed by atoms with Crippen LogP contribution in [0.3, 0.4) is 0 Å². The van der Waals surface area contributed by atoms with Gasteiger partial charge in [0.15, 0.2) is 22.5 Å². The Morgan fingerprint density at radius 3 is 2.61 bits per heavy atom. The number of amides is 2. The summed E-state index contributed by atoms with van der Waals surface area (Å²) in [6.45, 7) is 2.33. The van der Waals surface area contributed by atoms with E-state index in [2.05, 4.69) is 25.9 Å². The molecule has 0 saturated carbocycles. The molecular formula is C19H24Cl3N7O4. The van der Waals surface area contributed by atoms with Gasteiger partial charge in [0.25, 0.3) is 5.91 Å². The number of anilines is 2. The fourth-order valence-electron chi connectivity index (χ4n) is 2.48. The molecule has 1 aromatic heterocycles. The van der Waals surface area contributed by atoms with Gasteiger partial charge >= 0.3 is 0 Å². The molecule has 2 rings (SSSR count). The van der Waals surface area contributed by atoms with E-state index in [1.807, 2.05) is 0 Å². The van der Waals surface area contributed by atoms with Crippen LogP contribution in [0.4, 0.5) is 11.6 Å². The molecule has 0 bridgehead atoms. The van der Waals surface area contributed by atoms with Crippen molar-refractivity contribution < 1.29 is 19.4 Å². The first kappa shape index (κ1) is 26.7. The SMILES string of the molecule is CC(NC(=O)c1nc(Cl)c(N)nc1N)C(=O)NCCNCC(O)COc1cccc(Cl)c1Cl. The Labute approximate surface area is 205 Å². The molecule has 1 aromatic carbocycles. The Morgan fingerprint density at radius 1 is 1.15 bits per heavy atom. The smallest absolute Gasteiger partial charge is 0.274 e. The number of nitrogens with zero attached hydrogens (tertiary/aromatic N) is 2. The molecule has 0 saturated heterocycles. The van der Waals surface area contributed by atoms with Gasteiger partial charge in [-0.25, -0.2) is 9.97 Å². The average Bonchev–Trinajstić information content (AvgIpc) is 2.76. The van der Waals surface area contributed by atoms with Crippen LogP contribution >= 0.6 is 34.8 Å². The molecule has 0 fully saturated rings. The molecule has 2 aromatic rings. The lowest BCUT2D eigenvalue weighted by molar-refractivity contribution is -0.122. The molecule has 11 nitrogen and oxygen atoms in total. The molecule has 0 spiro atoms. The van der Waals surface area contributed by atoms with Crippen molar-refractivity contribution in [2.45, 2.75) is 19.1 Å². The van der Waals surface area contributed by atoms with Crippen molar-refractivity contribution >= 4 is 58.3 Å². The molecule has 0 aliphatic rings. The van der Waals surface area contributed by atoms with Gasteiger partial charge < -0.3 is 37.3 Å². The van der Waals surface area contributed by atoms with Crippen LogP contribution in [0, 0.1) is 0 Å². The highest BCUT2D eigenvalue weighted by molar-refractivity contribution is 6.42. The summed E-state index contributed by atoms with van der Waals surface area (Å²) in [4.78, 5) is 31.9. The number of ether oxygens (including phenoxy) is 1. The Hall–Kier alpha value is -2.57. The second-order valence-corrected chi connectivity index (χ2v) is 7.98. The van der Waals surface area contributed by atoms with Gasteiger partial charge in [-0.3, -0.25) is 9.59 Å². The van der Waals surface area contributed by atoms with Crippen molar-refractivity contribution in [1.82, 2.24) is 25.9 Å². The number of nitrogens with two attached hydrogens (primary N) is 2. The van der Waals surface area contributed by atoms with Crippen LogP contribution in [-0.2, 0) is 4.79 Å². The van der Waals surface area contributed by atoms with Gasteiger partial charge in [0.1, 0.15) is 29.5 Å². The Bertz CT molecular complexity index is 996. The van der Waals surface area contributed by atoms with Gasteiger partial charge in [0.2, 0.25) is 5.91 Å². The lowest BCUT2D eigenvalue weighted by Gasteiger charge is -2.16. The maximum Gasteiger partial charge on any atom is 0.274 e. The molecule has 0 aliphatic carbocycles. The van der Waals surface area contributed by atoms with Crippen molar-refractivity contribution in [1.29, 1.82) is 0 Å². The van der Waals surface area contributed by atoms with Crippen LogP contribution in [0.1, 0.15) is 17.4 Å². The Morgan fingerprint density at radius 2 is 1.88 bits per heavy atom. The largest absolute Gasteiger partial charge is 0.489 e. The molecule has 180 valence electrons. The van der Waals surface area contributed by atoms with E-state index in [0.29, 0.717) is 17.3 Å². The van der Waals surface area contributed by atoms with E-state index in [1.165, 1.54) is 6.92 Å². The van der Waals surface area contributed by atoms with Gasteiger partial charge in [0, 0.05) is 19.6 Å². The van der Waals surface area contributed by atoms with Crippen molar-refractivity contribution in [3.63, 3.8) is 0 Å². The lowest BCUT2D eigenvalue weighted by atomic mass is 10.2. The van der Waals surface area contributed by atoms with Gasteiger partial charge in [-0.05, 0) is 19.1 Å². The van der Waals surface area contributed by atoms with Crippen LogP contribution in [0.15, 0.2) is 18.2 Å². The minimum absolute atomic E-state index is 0.00363. The fourth-order valence-corrected chi connectivity index (χ4v) is 2.95. The molecule has 0 aliphatic heterocycles. The topological polar surface area (TPSA) is 178 Å². The summed E-state index contributed by atoms with van der Waals surface area (Å²) >= 11 is 17.7. The summed E-state index contributed by atoms with van der Waals surface area (Å²) in [6, 6.07) is 4.09. The minimum atomic E-state index is -0.878. The van der Waals surface area contributed by atoms with E-state index in [-0.39, 0.29) is 47.2 Å². The maximum absolute atomic E-state index is 12.3. The summed E-state index contributed by atoms with van der Waals surface area (Å²) in [5.74, 6) is -1.08. The first-order valence-corrected chi connectivity index (χ1v) is 10.9. The van der Waals surface area contributed by atoms with E-state index in [4.69, 9.17) is 51.0 Å². The standard InChI is InChI=1S/C19H24Cl3N7O4/c1-9(27-19(32)14-16(23)29-17(24)15(22)28-14)18(31)26-6-5-25-7-10(30)8-33-12-4-2-3-11(20)13(12)21/h2-4,9-10,25,30H,5-8H2,1H3,(H,26,31)(H,27,32)(H4,23,24,29). The summed E-state index contributed by atoms with van der Waals surface area (Å²) < 4.78 is 5.45. The number of carbonyl (C=O) groups excluding carboxylic acids is 2. The van der Waals surface area contributed by atoms with Gasteiger partial charge in [-0.15, -0.1) is 0 Å². The minimum Gasteiger partial charge on any atom is -0.489 e. The number of rotatable bonds is 11. The highest BCUT2D eigenvalue weighted by Crippen LogP contribution is 2.31. The molecule has 2 amide bonds. The highest BCUT2D eigenvalue weighted by Gasteiger charge is 2.21. The third kappa shape index (κ3) is 8.06. The summed E-state index contributed by atoms with van der Waals surface area (Å²) in [7, 11) is 0. The number of hydrogen-bond donors (Lipinski definition) is 6. The van der Waals surface area contributed by atoms with Crippen LogP contribution in [0.2, 0.25) is 15.2 Å². The number of aliphatic hydroxyl groups excluding tert-OH is 1. The zero-order valence-electron chi connectivity index (χ0n) is 17.6. The predicted octanol–water partition coefficient (Wildman–Crippen LogP) is 0.865. The zero-order valence-corrected chi connectivity index (χ0v) is 19.8. The number of carbonyl (C=O) groups is 2. The number of nitrogen functional groups attached to an aromatic ring is 2. The van der Waals surface area contributed by atoms with E-state index in [9.17, 15) is 14.7 Å². The fraction of sp³-hybridized carbons (Fsp3) is 0.368. The highest BCUT2D eigenvalue weighted by atomic mass is 35.5. The second kappa shape index (κ2) is 12.6. The number of benzene rings is 1. The third-order valence-electron chi connectivity index (χ3n) is 4.19. The number of hydrogen-bond acceptors (Lipinski definition) is 9. The molecule has 0 radical (unpaired) electrons. The first-order valence-electron chi connectivity index (χ1n) is 9.72. The Balaban J connectivity index is 1.66. The quantitative estimate of drug-likeness (QED) is 0.234. The molecular weight excluding hydrogens is 497 g/mol. The van der Waals surface area contributed by atoms with Gasteiger partial charge in [-0.1, -0.05) is 40.9 Å². The summed E-state index contributed by atoms with van der Waals surface area (Å²) in [5, 5.41) is 18.5. The normalized spacial score (nSPS) is 12.6. The molecule has 14 heteroatoms. The third-order valence-corrected chi connectivity index (χ3v) is 5.27. The van der Waals surface area contributed by atoms with Gasteiger partial charge in [-0.2, -0.15) is 0 Å². The summed E-state index contributed by atoms with van der Waals surface area (Å²) in [5.41, 5.74) is 10.9. The van der Waals surface area contributed by atoms with Crippen molar-refractivity contribution in [3.05, 3.63) is 39.1 Å². The van der Waals surface area contributed by atoms with Crippen LogP contribution in [0.5, 0.6) is 5.75 Å². The Kier molecular flexibility index (Phi) is 10.2. The van der Waals surface area contributed by atoms with E-state index < -0.39 is 24.0 Å². The van der Waals surface area contributed by atoms with Crippen molar-refractivity contribution in [3.8, 4) is 5.75 Å². The molecule has 8 N–H and O–H groups in total. The molecule has 1 heterocycles. The molecule has 2 atom stereocenters. The first-order chi connectivity index (χ1) is 15.6. The van der Waals surface area contributed by atoms with E-state index in [1.54, 1.807) is 18.2 Å². The average molecular weight is 521 g/mol. The van der Waals surface area contributed by atoms with Crippen LogP contribution in [-0.4, -0.2) is 65.3 Å². The second-order valence-electron chi connectivity index (χ2n) is 6.84. The monoisotopic (exact) mass is 519 g/mol. The predicted molar refractivity (Wildman–Crippen MR) is 127 cm³/mol. The van der Waals surface area contributed by atoms with Crippen LogP contribution < -0.4 is 32.2 Å². The number of aliphatic hydroxyl groups is 1. The van der Waals surface area contributed by atoms with Crippen molar-refractivity contribution in [2.24, 2.45) is 0 Å². The lowest BCUT2D eigenvalue weighted by Crippen LogP contribution is -2.47. The zero-order chi connectivity index (χ0) is 24.5. The number of halogens is 3. The number of nitrogens with one attached hydrogen (secondary N) is 3. The van der Waals surface area contributed by atoms with Gasteiger partial charge in [0.05, 0.1) is 5.02 Å². The maximum atomic E-state index is 12.3. The summed E-state index contributed by atoms with van der Waals surface area (Å²) in [6.07, 6.45) is -0.813. The molecule has 2 unspecified atom stereocenters. The number of aromatic nitrogens is 2.